The van der Waals surface area contributed by atoms with Crippen LogP contribution in [0.25, 0.3) is 0 Å². The molecule has 2 amide bonds. The summed E-state index contributed by atoms with van der Waals surface area (Å²) in [4.78, 5) is 40.2. The third-order valence-electron chi connectivity index (χ3n) is 5.97. The van der Waals surface area contributed by atoms with Gasteiger partial charge in [-0.3, -0.25) is 9.59 Å². The van der Waals surface area contributed by atoms with Crippen LogP contribution < -0.4 is 20.4 Å². The number of amides is 2. The number of hydrogen-bond donors (Lipinski definition) is 1. The molecular weight excluding hydrogens is 472 g/mol. The van der Waals surface area contributed by atoms with Crippen LogP contribution in [-0.4, -0.2) is 43.5 Å². The number of rotatable bonds is 10. The van der Waals surface area contributed by atoms with Gasteiger partial charge in [0, 0.05) is 31.5 Å². The van der Waals surface area contributed by atoms with Crippen molar-refractivity contribution in [3.8, 4) is 11.5 Å². The van der Waals surface area contributed by atoms with Crippen molar-refractivity contribution >= 4 is 23.4 Å². The van der Waals surface area contributed by atoms with Crippen molar-refractivity contribution in [3.63, 3.8) is 0 Å². The van der Waals surface area contributed by atoms with Crippen LogP contribution in [0, 0.1) is 0 Å². The van der Waals surface area contributed by atoms with E-state index in [1.54, 1.807) is 25.3 Å². The molecule has 8 nitrogen and oxygen atoms in total. The van der Waals surface area contributed by atoms with Crippen LogP contribution in [0.5, 0.6) is 11.5 Å². The van der Waals surface area contributed by atoms with Crippen molar-refractivity contribution in [2.75, 3.05) is 20.8 Å². The Morgan fingerprint density at radius 3 is 2.60 bits per heavy atom. The van der Waals surface area contributed by atoms with Crippen LogP contribution in [0.4, 0.5) is 0 Å². The number of hydrogen-bond acceptors (Lipinski definition) is 6. The smallest absolute Gasteiger partial charge is 0.348 e. The van der Waals surface area contributed by atoms with Crippen molar-refractivity contribution in [3.05, 3.63) is 68.7 Å². The van der Waals surface area contributed by atoms with Gasteiger partial charge in [0.05, 0.1) is 14.2 Å². The van der Waals surface area contributed by atoms with E-state index in [9.17, 15) is 14.4 Å². The summed E-state index contributed by atoms with van der Waals surface area (Å²) in [7, 11) is 3.09. The predicted molar refractivity (Wildman–Crippen MR) is 133 cm³/mol. The fraction of sp³-hybridized carbons (Fsp3) is 0.423. The van der Waals surface area contributed by atoms with Gasteiger partial charge in [-0.25, -0.2) is 4.79 Å². The Morgan fingerprint density at radius 1 is 1.17 bits per heavy atom. The van der Waals surface area contributed by atoms with E-state index in [1.165, 1.54) is 23.6 Å². The lowest BCUT2D eigenvalue weighted by molar-refractivity contribution is -0.125. The van der Waals surface area contributed by atoms with E-state index in [1.807, 2.05) is 6.07 Å². The molecule has 1 aromatic carbocycles. The fourth-order valence-electron chi connectivity index (χ4n) is 4.03. The van der Waals surface area contributed by atoms with E-state index >= 15 is 0 Å². The summed E-state index contributed by atoms with van der Waals surface area (Å²) >= 11 is 5.90. The van der Waals surface area contributed by atoms with Crippen LogP contribution in [0.15, 0.2) is 50.7 Å². The molecule has 1 aliphatic heterocycles. The molecule has 0 bridgehead atoms. The van der Waals surface area contributed by atoms with Gasteiger partial charge < -0.3 is 24.1 Å². The number of nitrogens with zero attached hydrogens (tertiary/aromatic N) is 1. The second-order valence-corrected chi connectivity index (χ2v) is 8.61. The molecule has 1 saturated heterocycles. The van der Waals surface area contributed by atoms with Crippen molar-refractivity contribution in [2.45, 2.75) is 51.6 Å². The maximum absolute atomic E-state index is 13.2. The van der Waals surface area contributed by atoms with Crippen molar-refractivity contribution in [1.82, 2.24) is 10.2 Å². The van der Waals surface area contributed by atoms with Gasteiger partial charge in [0.15, 0.2) is 11.5 Å². The number of carbonyl (C=O) groups excluding carboxylic acids is 2. The zero-order chi connectivity index (χ0) is 25.4. The maximum atomic E-state index is 13.2. The third-order valence-corrected chi connectivity index (χ3v) is 6.28. The number of ether oxygens (including phenoxy) is 2. The minimum Gasteiger partial charge on any atom is -0.493 e. The Morgan fingerprint density at radius 2 is 1.94 bits per heavy atom. The van der Waals surface area contributed by atoms with Crippen molar-refractivity contribution in [1.29, 1.82) is 0 Å². The Labute approximate surface area is 209 Å². The van der Waals surface area contributed by atoms with E-state index in [0.29, 0.717) is 23.7 Å². The summed E-state index contributed by atoms with van der Waals surface area (Å²) < 4.78 is 15.9. The number of benzene rings is 1. The number of unbranched alkanes of at least 4 members (excludes halogenated alkanes) is 2. The molecule has 2 aromatic rings. The van der Waals surface area contributed by atoms with E-state index in [2.05, 4.69) is 12.2 Å². The van der Waals surface area contributed by atoms with Crippen LogP contribution in [0.1, 0.15) is 54.3 Å². The largest absolute Gasteiger partial charge is 0.493 e. The minimum atomic E-state index is -0.795. The predicted octanol–water partition coefficient (Wildman–Crippen LogP) is 4.04. The van der Waals surface area contributed by atoms with Crippen molar-refractivity contribution < 1.29 is 23.5 Å². The summed E-state index contributed by atoms with van der Waals surface area (Å²) in [5, 5.41) is 2.86. The normalized spacial score (nSPS) is 16.4. The van der Waals surface area contributed by atoms with Crippen LogP contribution >= 0.6 is 11.6 Å². The Balaban J connectivity index is 1.73. The monoisotopic (exact) mass is 502 g/mol. The quantitative estimate of drug-likeness (QED) is 0.492. The molecule has 0 aliphatic carbocycles. The summed E-state index contributed by atoms with van der Waals surface area (Å²) in [5.74, 6) is 0.782. The molecule has 1 atom stereocenters. The highest BCUT2D eigenvalue weighted by Crippen LogP contribution is 2.28. The minimum absolute atomic E-state index is 0.0993. The molecule has 35 heavy (non-hydrogen) atoms. The van der Waals surface area contributed by atoms with Crippen LogP contribution in [0.3, 0.4) is 0 Å². The van der Waals surface area contributed by atoms with E-state index < -0.39 is 17.6 Å². The van der Waals surface area contributed by atoms with Gasteiger partial charge in [0.2, 0.25) is 5.91 Å². The zero-order valence-electron chi connectivity index (χ0n) is 20.3. The molecule has 1 N–H and O–H groups in total. The first-order valence-corrected chi connectivity index (χ1v) is 12.1. The number of carbonyl (C=O) groups is 2. The highest BCUT2D eigenvalue weighted by Gasteiger charge is 2.38. The van der Waals surface area contributed by atoms with E-state index in [0.717, 1.165) is 30.4 Å². The highest BCUT2D eigenvalue weighted by atomic mass is 35.5. The Kier molecular flexibility index (Phi) is 9.37. The van der Waals surface area contributed by atoms with Gasteiger partial charge in [0.25, 0.3) is 5.91 Å². The molecule has 2 heterocycles. The number of methoxy groups -OCH3 is 2. The molecule has 1 unspecified atom stereocenters. The van der Waals surface area contributed by atoms with Gasteiger partial charge in [-0.05, 0) is 41.8 Å². The molecule has 1 fully saturated rings. The molecule has 0 spiro atoms. The Bertz CT molecular complexity index is 1140. The second kappa shape index (κ2) is 12.4. The summed E-state index contributed by atoms with van der Waals surface area (Å²) in [5.41, 5.74) is 2.11. The first-order valence-electron chi connectivity index (χ1n) is 11.6. The zero-order valence-corrected chi connectivity index (χ0v) is 21.0. The molecule has 188 valence electrons. The lowest BCUT2D eigenvalue weighted by Gasteiger charge is -2.23. The van der Waals surface area contributed by atoms with Gasteiger partial charge in [0.1, 0.15) is 17.4 Å². The van der Waals surface area contributed by atoms with Gasteiger partial charge in [-0.1, -0.05) is 37.4 Å². The molecule has 3 rings (SSSR count). The van der Waals surface area contributed by atoms with E-state index in [4.69, 9.17) is 25.5 Å². The first kappa shape index (κ1) is 26.3. The summed E-state index contributed by atoms with van der Waals surface area (Å²) in [6.45, 7) is 2.48. The highest BCUT2D eigenvalue weighted by molar-refractivity contribution is 6.25. The van der Waals surface area contributed by atoms with Gasteiger partial charge in [-0.2, -0.15) is 0 Å². The molecule has 0 saturated carbocycles. The molecule has 1 aromatic heterocycles. The lowest BCUT2D eigenvalue weighted by Crippen LogP contribution is -2.46. The summed E-state index contributed by atoms with van der Waals surface area (Å²) in [6.07, 6.45) is 3.92. The standard InChI is InChI=1S/C26H31ClN2O6/c1-4-5-6-7-19-9-10-20(26(32)35-19)25(31)29-16-18(14-27)12-21(29)24(30)28-15-17-8-11-22(33-2)23(13-17)34-3/h8-11,13-14,21H,4-7,12,15-16H2,1-3H3,(H,28,30)/b18-14-. The van der Waals surface area contributed by atoms with Crippen LogP contribution in [-0.2, 0) is 17.8 Å². The summed E-state index contributed by atoms with van der Waals surface area (Å²) in [6, 6.07) is 7.69. The van der Waals surface area contributed by atoms with E-state index in [-0.39, 0.29) is 31.0 Å². The maximum Gasteiger partial charge on any atom is 0.348 e. The molecule has 0 radical (unpaired) electrons. The Hall–Kier alpha value is -3.26. The second-order valence-electron chi connectivity index (χ2n) is 8.39. The fourth-order valence-corrected chi connectivity index (χ4v) is 4.18. The number of aryl methyl sites for hydroxylation is 1. The number of likely N-dealkylation sites (tertiary alicyclic amines) is 1. The van der Waals surface area contributed by atoms with Gasteiger partial charge >= 0.3 is 5.63 Å². The average molecular weight is 503 g/mol. The van der Waals surface area contributed by atoms with Crippen LogP contribution in [0.2, 0.25) is 0 Å². The lowest BCUT2D eigenvalue weighted by atomic mass is 10.1. The number of nitrogens with one attached hydrogen (secondary N) is 1. The third kappa shape index (κ3) is 6.45. The van der Waals surface area contributed by atoms with Gasteiger partial charge in [-0.15, -0.1) is 0 Å². The SMILES string of the molecule is CCCCCc1ccc(C(=O)N2C/C(=C\Cl)CC2C(=O)NCc2ccc(OC)c(OC)c2)c(=O)o1. The molecular formula is C26H31ClN2O6. The molecule has 1 aliphatic rings. The number of halogens is 1. The topological polar surface area (TPSA) is 98.1 Å². The molecule has 9 heteroatoms. The van der Waals surface area contributed by atoms with Crippen molar-refractivity contribution in [2.24, 2.45) is 0 Å². The first-order chi connectivity index (χ1) is 16.9. The average Bonchev–Trinajstić information content (AvgIpc) is 3.31.